The van der Waals surface area contributed by atoms with Crippen molar-refractivity contribution < 1.29 is 18.7 Å². The van der Waals surface area contributed by atoms with Gasteiger partial charge < -0.3 is 13.9 Å². The molecule has 0 aliphatic heterocycles. The molecular formula is C23H22ClN3O5. The zero-order valence-corrected chi connectivity index (χ0v) is 18.5. The van der Waals surface area contributed by atoms with Gasteiger partial charge in [-0.2, -0.15) is 5.26 Å². The summed E-state index contributed by atoms with van der Waals surface area (Å²) in [6.45, 7) is 2.23. The summed E-state index contributed by atoms with van der Waals surface area (Å²) in [6.07, 6.45) is 5.88. The van der Waals surface area contributed by atoms with Gasteiger partial charge >= 0.3 is 5.97 Å². The minimum absolute atomic E-state index is 0.0287. The van der Waals surface area contributed by atoms with Crippen molar-refractivity contribution in [3.05, 3.63) is 69.8 Å². The van der Waals surface area contributed by atoms with Crippen LogP contribution in [0.2, 0.25) is 5.02 Å². The zero-order chi connectivity index (χ0) is 23.1. The van der Waals surface area contributed by atoms with Gasteiger partial charge in [0.1, 0.15) is 18.1 Å². The van der Waals surface area contributed by atoms with Crippen LogP contribution < -0.4 is 10.3 Å². The van der Waals surface area contributed by atoms with E-state index in [1.54, 1.807) is 18.2 Å². The highest BCUT2D eigenvalue weighted by Crippen LogP contribution is 2.33. The van der Waals surface area contributed by atoms with E-state index < -0.39 is 17.6 Å². The van der Waals surface area contributed by atoms with E-state index in [0.29, 0.717) is 39.8 Å². The maximum atomic E-state index is 13.1. The first kappa shape index (κ1) is 23.1. The van der Waals surface area contributed by atoms with Crippen LogP contribution in [0.5, 0.6) is 5.75 Å². The molecule has 0 aliphatic rings. The van der Waals surface area contributed by atoms with Crippen molar-refractivity contribution in [1.82, 2.24) is 9.55 Å². The van der Waals surface area contributed by atoms with E-state index in [1.165, 1.54) is 36.4 Å². The molecule has 0 amide bonds. The van der Waals surface area contributed by atoms with Gasteiger partial charge in [0.25, 0.3) is 5.56 Å². The third-order valence-corrected chi connectivity index (χ3v) is 5.09. The molecule has 32 heavy (non-hydrogen) atoms. The van der Waals surface area contributed by atoms with E-state index in [2.05, 4.69) is 11.1 Å². The quantitative estimate of drug-likeness (QED) is 0.352. The number of nitriles is 1. The predicted molar refractivity (Wildman–Crippen MR) is 118 cm³/mol. The maximum Gasteiger partial charge on any atom is 0.329 e. The van der Waals surface area contributed by atoms with E-state index in [0.717, 1.165) is 6.42 Å². The molecule has 0 saturated heterocycles. The fourth-order valence-corrected chi connectivity index (χ4v) is 3.38. The fourth-order valence-electron chi connectivity index (χ4n) is 3.21. The topological polar surface area (TPSA) is 107 Å². The third kappa shape index (κ3) is 5.18. The summed E-state index contributed by atoms with van der Waals surface area (Å²) >= 11 is 6.11. The average molecular weight is 456 g/mol. The van der Waals surface area contributed by atoms with Crippen molar-refractivity contribution in [2.75, 3.05) is 13.7 Å². The summed E-state index contributed by atoms with van der Waals surface area (Å²) < 4.78 is 17.4. The Balaban J connectivity index is 2.08. The molecule has 0 radical (unpaired) electrons. The number of carbonyl (C=O) groups is 1. The largest absolute Gasteiger partial charge is 0.495 e. The van der Waals surface area contributed by atoms with Crippen molar-refractivity contribution in [2.24, 2.45) is 0 Å². The van der Waals surface area contributed by atoms with Crippen LogP contribution in [0.3, 0.4) is 0 Å². The lowest BCUT2D eigenvalue weighted by Crippen LogP contribution is -2.32. The van der Waals surface area contributed by atoms with Crippen molar-refractivity contribution in [1.29, 1.82) is 5.26 Å². The number of nitrogens with zero attached hydrogens (tertiary/aromatic N) is 3. The van der Waals surface area contributed by atoms with Gasteiger partial charge in [0.2, 0.25) is 0 Å². The highest BCUT2D eigenvalue weighted by molar-refractivity contribution is 6.31. The lowest BCUT2D eigenvalue weighted by molar-refractivity contribution is -0.148. The molecule has 0 spiro atoms. The lowest BCUT2D eigenvalue weighted by Gasteiger charge is -2.20. The first-order chi connectivity index (χ1) is 15.5. The van der Waals surface area contributed by atoms with Crippen LogP contribution in [0.25, 0.3) is 11.1 Å². The van der Waals surface area contributed by atoms with E-state index >= 15 is 0 Å². The summed E-state index contributed by atoms with van der Waals surface area (Å²) in [5.74, 6) is 0.00939. The van der Waals surface area contributed by atoms with Crippen LogP contribution in [-0.4, -0.2) is 29.2 Å². The SMILES string of the molecule is CCCCOC(=O)C(Cc1ncco1)n1cc(OC)c(-c2cc(Cl)ccc2C#N)cc1=O. The second kappa shape index (κ2) is 10.6. The van der Waals surface area contributed by atoms with Crippen molar-refractivity contribution in [2.45, 2.75) is 32.2 Å². The number of esters is 1. The number of hydrogen-bond acceptors (Lipinski definition) is 7. The number of benzene rings is 1. The minimum Gasteiger partial charge on any atom is -0.495 e. The molecule has 0 aliphatic carbocycles. The average Bonchev–Trinajstić information content (AvgIpc) is 3.31. The maximum absolute atomic E-state index is 13.1. The third-order valence-electron chi connectivity index (χ3n) is 4.86. The zero-order valence-electron chi connectivity index (χ0n) is 17.7. The van der Waals surface area contributed by atoms with E-state index in [1.807, 2.05) is 6.92 Å². The molecule has 0 N–H and O–H groups in total. The van der Waals surface area contributed by atoms with Crippen LogP contribution in [-0.2, 0) is 16.0 Å². The van der Waals surface area contributed by atoms with Gasteiger partial charge in [-0.1, -0.05) is 24.9 Å². The Morgan fingerprint density at radius 2 is 2.16 bits per heavy atom. The number of methoxy groups -OCH3 is 1. The van der Waals surface area contributed by atoms with Crippen molar-refractivity contribution >= 4 is 17.6 Å². The lowest BCUT2D eigenvalue weighted by atomic mass is 10.00. The second-order valence-corrected chi connectivity index (χ2v) is 7.41. The number of aromatic nitrogens is 2. The summed E-state index contributed by atoms with van der Waals surface area (Å²) in [5.41, 5.74) is 0.701. The van der Waals surface area contributed by atoms with Gasteiger partial charge in [-0.3, -0.25) is 9.36 Å². The summed E-state index contributed by atoms with van der Waals surface area (Å²) in [5, 5.41) is 9.88. The minimum atomic E-state index is -1.00. The van der Waals surface area contributed by atoms with Gasteiger partial charge in [-0.25, -0.2) is 9.78 Å². The Bertz CT molecular complexity index is 1180. The molecule has 1 atom stereocenters. The molecule has 2 heterocycles. The van der Waals surface area contributed by atoms with Crippen LogP contribution >= 0.6 is 11.6 Å². The summed E-state index contributed by atoms with van der Waals surface area (Å²) in [6, 6.07) is 7.15. The molecular weight excluding hydrogens is 434 g/mol. The Morgan fingerprint density at radius 1 is 1.34 bits per heavy atom. The van der Waals surface area contributed by atoms with Gasteiger partial charge in [-0.05, 0) is 24.6 Å². The first-order valence-corrected chi connectivity index (χ1v) is 10.4. The monoisotopic (exact) mass is 455 g/mol. The van der Waals surface area contributed by atoms with Gasteiger partial charge in [0.15, 0.2) is 5.89 Å². The smallest absolute Gasteiger partial charge is 0.329 e. The highest BCUT2D eigenvalue weighted by atomic mass is 35.5. The number of halogens is 1. The van der Waals surface area contributed by atoms with E-state index in [-0.39, 0.29) is 13.0 Å². The Morgan fingerprint density at radius 3 is 2.81 bits per heavy atom. The molecule has 0 fully saturated rings. The molecule has 0 saturated carbocycles. The van der Waals surface area contributed by atoms with E-state index in [4.69, 9.17) is 25.5 Å². The number of hydrogen-bond donors (Lipinski definition) is 0. The van der Waals surface area contributed by atoms with Crippen LogP contribution in [0, 0.1) is 11.3 Å². The van der Waals surface area contributed by atoms with Crippen molar-refractivity contribution in [3.63, 3.8) is 0 Å². The van der Waals surface area contributed by atoms with Gasteiger partial charge in [-0.15, -0.1) is 0 Å². The molecule has 1 unspecified atom stereocenters. The number of pyridine rings is 1. The Hall–Kier alpha value is -3.57. The molecule has 2 aromatic heterocycles. The number of unbranched alkanes of at least 4 members (excludes halogenated alkanes) is 1. The number of oxazole rings is 1. The fraction of sp³-hybridized carbons (Fsp3) is 0.304. The van der Waals surface area contributed by atoms with Gasteiger partial charge in [0, 0.05) is 22.2 Å². The normalized spacial score (nSPS) is 11.6. The molecule has 1 aromatic carbocycles. The molecule has 3 aromatic rings. The molecule has 3 rings (SSSR count). The van der Waals surface area contributed by atoms with Crippen LogP contribution in [0.15, 0.2) is 52.1 Å². The first-order valence-electron chi connectivity index (χ1n) is 10.0. The Labute approximate surface area is 190 Å². The summed E-state index contributed by atoms with van der Waals surface area (Å²) in [7, 11) is 1.44. The number of rotatable bonds is 9. The molecule has 0 bridgehead atoms. The summed E-state index contributed by atoms with van der Waals surface area (Å²) in [4.78, 5) is 30.0. The number of carbonyl (C=O) groups excluding carboxylic acids is 1. The van der Waals surface area contributed by atoms with Gasteiger partial charge in [0.05, 0.1) is 44.2 Å². The standard InChI is InChI=1S/C23H22ClN3O5/c1-3-4-8-32-23(29)19(12-21-26-7-9-31-21)27-14-20(30-2)18(11-22(27)28)17-10-16(24)6-5-15(17)13-25/h5-7,9-11,14,19H,3-4,8,12H2,1-2H3. The molecule has 8 nitrogen and oxygen atoms in total. The van der Waals surface area contributed by atoms with Crippen LogP contribution in [0.4, 0.5) is 0 Å². The predicted octanol–water partition coefficient (Wildman–Crippen LogP) is 4.16. The molecule has 9 heteroatoms. The highest BCUT2D eigenvalue weighted by Gasteiger charge is 2.27. The number of ether oxygens (including phenoxy) is 2. The van der Waals surface area contributed by atoms with Crippen LogP contribution in [0.1, 0.15) is 37.3 Å². The Kier molecular flexibility index (Phi) is 7.68. The van der Waals surface area contributed by atoms with Crippen molar-refractivity contribution in [3.8, 4) is 22.9 Å². The second-order valence-electron chi connectivity index (χ2n) is 6.97. The molecule has 166 valence electrons. The van der Waals surface area contributed by atoms with E-state index in [9.17, 15) is 14.9 Å².